The van der Waals surface area contributed by atoms with Gasteiger partial charge < -0.3 is 5.11 Å². The molecule has 0 aliphatic carbocycles. The second-order valence-electron chi connectivity index (χ2n) is 3.35. The Balaban J connectivity index is 2.20. The summed E-state index contributed by atoms with van der Waals surface area (Å²) in [5.74, 6) is 0. The van der Waals surface area contributed by atoms with Gasteiger partial charge in [-0.15, -0.1) is 11.3 Å². The molecule has 1 aromatic heterocycles. The minimum absolute atomic E-state index is 0.505. The van der Waals surface area contributed by atoms with Crippen LogP contribution in [0, 0.1) is 0 Å². The number of halogens is 2. The van der Waals surface area contributed by atoms with Gasteiger partial charge in [0.05, 0.1) is 11.6 Å². The summed E-state index contributed by atoms with van der Waals surface area (Å²) in [5, 5.41) is 11.1. The standard InChI is InChI=1S/C11H9Cl2NOS/c12-7-1-2-10(13)9(3-7)11(15)4-8-5-14-6-16-8/h1-3,5-6,11,15H,4H2. The molecule has 0 radical (unpaired) electrons. The number of hydrogen-bond donors (Lipinski definition) is 1. The highest BCUT2D eigenvalue weighted by Gasteiger charge is 2.13. The maximum absolute atomic E-state index is 10.0. The van der Waals surface area contributed by atoms with Crippen molar-refractivity contribution in [1.29, 1.82) is 0 Å². The Morgan fingerprint density at radius 1 is 1.38 bits per heavy atom. The highest BCUT2D eigenvalue weighted by molar-refractivity contribution is 7.09. The Hall–Kier alpha value is -0.610. The molecule has 0 saturated heterocycles. The van der Waals surface area contributed by atoms with E-state index in [-0.39, 0.29) is 0 Å². The van der Waals surface area contributed by atoms with Gasteiger partial charge in [-0.3, -0.25) is 4.98 Å². The maximum atomic E-state index is 10.0. The topological polar surface area (TPSA) is 33.1 Å². The van der Waals surface area contributed by atoms with Crippen molar-refractivity contribution in [3.63, 3.8) is 0 Å². The predicted molar refractivity (Wildman–Crippen MR) is 67.2 cm³/mol. The van der Waals surface area contributed by atoms with Gasteiger partial charge in [0.1, 0.15) is 0 Å². The van der Waals surface area contributed by atoms with Crippen LogP contribution >= 0.6 is 34.5 Å². The van der Waals surface area contributed by atoms with E-state index >= 15 is 0 Å². The van der Waals surface area contributed by atoms with Gasteiger partial charge >= 0.3 is 0 Å². The molecule has 1 aromatic carbocycles. The number of nitrogens with zero attached hydrogens (tertiary/aromatic N) is 1. The molecule has 16 heavy (non-hydrogen) atoms. The number of aromatic nitrogens is 1. The third kappa shape index (κ3) is 2.74. The maximum Gasteiger partial charge on any atom is 0.0853 e. The number of aliphatic hydroxyl groups is 1. The summed E-state index contributed by atoms with van der Waals surface area (Å²) in [4.78, 5) is 4.97. The van der Waals surface area contributed by atoms with E-state index in [0.717, 1.165) is 4.88 Å². The van der Waals surface area contributed by atoms with Crippen molar-refractivity contribution in [1.82, 2.24) is 4.98 Å². The van der Waals surface area contributed by atoms with Crippen LogP contribution < -0.4 is 0 Å². The van der Waals surface area contributed by atoms with Gasteiger partial charge in [-0.05, 0) is 18.2 Å². The van der Waals surface area contributed by atoms with E-state index in [0.29, 0.717) is 22.0 Å². The van der Waals surface area contributed by atoms with Crippen molar-refractivity contribution < 1.29 is 5.11 Å². The van der Waals surface area contributed by atoms with E-state index < -0.39 is 6.10 Å². The molecule has 1 heterocycles. The Morgan fingerprint density at radius 3 is 2.88 bits per heavy atom. The number of hydrogen-bond acceptors (Lipinski definition) is 3. The highest BCUT2D eigenvalue weighted by Crippen LogP contribution is 2.29. The van der Waals surface area contributed by atoms with Crippen molar-refractivity contribution in [2.75, 3.05) is 0 Å². The van der Waals surface area contributed by atoms with Gasteiger partial charge in [0, 0.05) is 33.1 Å². The van der Waals surface area contributed by atoms with Crippen molar-refractivity contribution in [2.45, 2.75) is 12.5 Å². The number of benzene rings is 1. The Bertz CT molecular complexity index is 473. The summed E-state index contributed by atoms with van der Waals surface area (Å²) in [6, 6.07) is 5.08. The van der Waals surface area contributed by atoms with E-state index in [1.165, 1.54) is 11.3 Å². The molecule has 0 saturated carbocycles. The van der Waals surface area contributed by atoms with Crippen LogP contribution in [0.3, 0.4) is 0 Å². The van der Waals surface area contributed by atoms with Gasteiger partial charge in [0.25, 0.3) is 0 Å². The zero-order valence-electron chi connectivity index (χ0n) is 8.23. The quantitative estimate of drug-likeness (QED) is 0.925. The van der Waals surface area contributed by atoms with Crippen LogP contribution in [0.4, 0.5) is 0 Å². The summed E-state index contributed by atoms with van der Waals surface area (Å²) >= 11 is 13.4. The zero-order chi connectivity index (χ0) is 11.5. The number of rotatable bonds is 3. The average molecular weight is 274 g/mol. The molecule has 0 aliphatic rings. The molecule has 1 atom stereocenters. The molecule has 1 unspecified atom stereocenters. The lowest BCUT2D eigenvalue weighted by atomic mass is 10.1. The van der Waals surface area contributed by atoms with E-state index in [4.69, 9.17) is 23.2 Å². The molecule has 1 N–H and O–H groups in total. The van der Waals surface area contributed by atoms with E-state index in [9.17, 15) is 5.11 Å². The third-order valence-corrected chi connectivity index (χ3v) is 3.58. The summed E-state index contributed by atoms with van der Waals surface area (Å²) in [6.07, 6.45) is 1.60. The lowest BCUT2D eigenvalue weighted by Gasteiger charge is -2.11. The number of aliphatic hydroxyl groups excluding tert-OH is 1. The minimum Gasteiger partial charge on any atom is -0.388 e. The van der Waals surface area contributed by atoms with Crippen molar-refractivity contribution >= 4 is 34.5 Å². The number of thiazole rings is 1. The van der Waals surface area contributed by atoms with Crippen LogP contribution in [0.25, 0.3) is 0 Å². The average Bonchev–Trinajstić information content (AvgIpc) is 2.74. The molecule has 0 amide bonds. The fourth-order valence-electron chi connectivity index (χ4n) is 1.41. The molecule has 0 spiro atoms. The second kappa shape index (κ2) is 5.15. The molecule has 2 aromatic rings. The molecule has 2 rings (SSSR count). The normalized spacial score (nSPS) is 12.7. The molecule has 0 aliphatic heterocycles. The Kier molecular flexibility index (Phi) is 3.82. The molecule has 0 bridgehead atoms. The first-order valence-corrected chi connectivity index (χ1v) is 6.31. The fourth-order valence-corrected chi connectivity index (χ4v) is 2.47. The van der Waals surface area contributed by atoms with E-state index in [2.05, 4.69) is 4.98 Å². The monoisotopic (exact) mass is 273 g/mol. The van der Waals surface area contributed by atoms with Crippen molar-refractivity contribution in [3.05, 3.63) is 50.4 Å². The first kappa shape index (κ1) is 11.9. The molecule has 5 heteroatoms. The van der Waals surface area contributed by atoms with Crippen molar-refractivity contribution in [2.24, 2.45) is 0 Å². The molecule has 0 fully saturated rings. The smallest absolute Gasteiger partial charge is 0.0853 e. The van der Waals surface area contributed by atoms with Crippen molar-refractivity contribution in [3.8, 4) is 0 Å². The van der Waals surface area contributed by atoms with E-state index in [1.807, 2.05) is 0 Å². The molecular weight excluding hydrogens is 265 g/mol. The minimum atomic E-state index is -0.647. The summed E-state index contributed by atoms with van der Waals surface area (Å²) in [7, 11) is 0. The zero-order valence-corrected chi connectivity index (χ0v) is 10.6. The first-order valence-electron chi connectivity index (χ1n) is 4.67. The summed E-state index contributed by atoms with van der Waals surface area (Å²) in [6.45, 7) is 0. The summed E-state index contributed by atoms with van der Waals surface area (Å²) in [5.41, 5.74) is 2.39. The fraction of sp³-hybridized carbons (Fsp3) is 0.182. The van der Waals surface area contributed by atoms with Gasteiger partial charge in [-0.2, -0.15) is 0 Å². The molecule has 2 nitrogen and oxygen atoms in total. The van der Waals surface area contributed by atoms with Crippen LogP contribution in [-0.4, -0.2) is 10.1 Å². The van der Waals surface area contributed by atoms with Gasteiger partial charge in [-0.1, -0.05) is 23.2 Å². The van der Waals surface area contributed by atoms with Crippen LogP contribution in [0.2, 0.25) is 10.0 Å². The van der Waals surface area contributed by atoms with Gasteiger partial charge in [-0.25, -0.2) is 0 Å². The summed E-state index contributed by atoms with van der Waals surface area (Å²) < 4.78 is 0. The lowest BCUT2D eigenvalue weighted by Crippen LogP contribution is -2.01. The van der Waals surface area contributed by atoms with Crippen LogP contribution in [0.1, 0.15) is 16.5 Å². The largest absolute Gasteiger partial charge is 0.388 e. The molecule has 84 valence electrons. The van der Waals surface area contributed by atoms with Crippen LogP contribution in [0.5, 0.6) is 0 Å². The molecular formula is C11H9Cl2NOS. The van der Waals surface area contributed by atoms with Crippen LogP contribution in [-0.2, 0) is 6.42 Å². The second-order valence-corrected chi connectivity index (χ2v) is 5.17. The van der Waals surface area contributed by atoms with Gasteiger partial charge in [0.2, 0.25) is 0 Å². The Morgan fingerprint density at radius 2 is 2.19 bits per heavy atom. The third-order valence-electron chi connectivity index (χ3n) is 2.20. The van der Waals surface area contributed by atoms with Gasteiger partial charge in [0.15, 0.2) is 0 Å². The SMILES string of the molecule is OC(Cc1cncs1)c1cc(Cl)ccc1Cl. The first-order chi connectivity index (χ1) is 7.66. The lowest BCUT2D eigenvalue weighted by molar-refractivity contribution is 0.179. The highest BCUT2D eigenvalue weighted by atomic mass is 35.5. The predicted octanol–water partition coefficient (Wildman–Crippen LogP) is 3.73. The Labute approximate surface area is 107 Å². The van der Waals surface area contributed by atoms with Crippen LogP contribution in [0.15, 0.2) is 29.9 Å². The van der Waals surface area contributed by atoms with E-state index in [1.54, 1.807) is 29.9 Å².